The minimum atomic E-state index is 0.387. The van der Waals surface area contributed by atoms with E-state index < -0.39 is 0 Å². The zero-order valence-electron chi connectivity index (χ0n) is 5.77. The molecule has 0 unspecified atom stereocenters. The van der Waals surface area contributed by atoms with Gasteiger partial charge in [0.25, 0.3) is 0 Å². The monoisotopic (exact) mass is 148 g/mol. The van der Waals surface area contributed by atoms with Crippen molar-refractivity contribution in [2.45, 2.75) is 38.4 Å². The van der Waals surface area contributed by atoms with Crippen molar-refractivity contribution in [2.24, 2.45) is 0 Å². The molecule has 1 rings (SSSR count). The van der Waals surface area contributed by atoms with Gasteiger partial charge in [0.2, 0.25) is 0 Å². The Labute approximate surface area is 61.3 Å². The van der Waals surface area contributed by atoms with Crippen molar-refractivity contribution in [1.82, 2.24) is 0 Å². The molecule has 1 aliphatic heterocycles. The highest BCUT2D eigenvalue weighted by Crippen LogP contribution is 2.27. The molecule has 1 fully saturated rings. The number of alkyl halides is 1. The first-order valence-electron chi connectivity index (χ1n) is 3.60. The summed E-state index contributed by atoms with van der Waals surface area (Å²) in [6.07, 6.45) is 4.63. The lowest BCUT2D eigenvalue weighted by Gasteiger charge is -1.88. The van der Waals surface area contributed by atoms with Crippen LogP contribution in [0.15, 0.2) is 0 Å². The Kier molecular flexibility index (Phi) is 2.80. The molecule has 0 N–H and O–H groups in total. The molecule has 1 saturated heterocycles. The summed E-state index contributed by atoms with van der Waals surface area (Å²) in [4.78, 5) is 0. The van der Waals surface area contributed by atoms with E-state index in [0.29, 0.717) is 18.1 Å². The number of hydrogen-bond donors (Lipinski definition) is 0. The van der Waals surface area contributed by atoms with Crippen LogP contribution in [0.1, 0.15) is 26.2 Å². The smallest absolute Gasteiger partial charge is 0.0976 e. The van der Waals surface area contributed by atoms with Gasteiger partial charge in [0, 0.05) is 0 Å². The van der Waals surface area contributed by atoms with E-state index in [1.54, 1.807) is 0 Å². The van der Waals surface area contributed by atoms with Crippen molar-refractivity contribution >= 4 is 11.6 Å². The maximum atomic E-state index is 5.55. The molecule has 0 aromatic carbocycles. The van der Waals surface area contributed by atoms with Crippen molar-refractivity contribution in [3.63, 3.8) is 0 Å². The van der Waals surface area contributed by atoms with Crippen LogP contribution in [0, 0.1) is 0 Å². The summed E-state index contributed by atoms with van der Waals surface area (Å²) in [5.41, 5.74) is 0. The zero-order valence-corrected chi connectivity index (χ0v) is 6.53. The van der Waals surface area contributed by atoms with Gasteiger partial charge in [-0.05, 0) is 6.42 Å². The van der Waals surface area contributed by atoms with Gasteiger partial charge in [-0.25, -0.2) is 0 Å². The van der Waals surface area contributed by atoms with E-state index in [0.717, 1.165) is 0 Å². The van der Waals surface area contributed by atoms with Gasteiger partial charge in [0.15, 0.2) is 0 Å². The molecule has 54 valence electrons. The van der Waals surface area contributed by atoms with E-state index in [1.807, 2.05) is 0 Å². The molecule has 0 aromatic heterocycles. The maximum absolute atomic E-state index is 5.55. The Morgan fingerprint density at radius 2 is 2.22 bits per heavy atom. The molecule has 0 aliphatic carbocycles. The van der Waals surface area contributed by atoms with Gasteiger partial charge in [-0.1, -0.05) is 19.8 Å². The summed E-state index contributed by atoms with van der Waals surface area (Å²) in [5, 5.41) is 0. The first kappa shape index (κ1) is 7.36. The normalized spacial score (nSPS) is 32.7. The molecule has 1 aliphatic rings. The van der Waals surface area contributed by atoms with Crippen molar-refractivity contribution in [1.29, 1.82) is 0 Å². The second-order valence-electron chi connectivity index (χ2n) is 2.51. The van der Waals surface area contributed by atoms with Crippen molar-refractivity contribution in [3.8, 4) is 0 Å². The van der Waals surface area contributed by atoms with Crippen molar-refractivity contribution < 1.29 is 4.74 Å². The Morgan fingerprint density at radius 1 is 1.44 bits per heavy atom. The maximum Gasteiger partial charge on any atom is 0.0976 e. The summed E-state index contributed by atoms with van der Waals surface area (Å²) >= 11 is 5.55. The number of ether oxygens (including phenoxy) is 1. The molecule has 2 atom stereocenters. The van der Waals surface area contributed by atoms with Crippen LogP contribution in [0.5, 0.6) is 0 Å². The quantitative estimate of drug-likeness (QED) is 0.440. The predicted molar refractivity (Wildman–Crippen MR) is 38.9 cm³/mol. The molecule has 0 spiro atoms. The minimum absolute atomic E-state index is 0.387. The number of unbranched alkanes of at least 4 members (excludes halogenated alkanes) is 1. The first-order chi connectivity index (χ1) is 4.38. The number of epoxide rings is 1. The Balaban J connectivity index is 1.92. The van der Waals surface area contributed by atoms with Crippen molar-refractivity contribution in [2.75, 3.05) is 5.88 Å². The fraction of sp³-hybridized carbons (Fsp3) is 1.00. The van der Waals surface area contributed by atoms with Gasteiger partial charge < -0.3 is 4.74 Å². The van der Waals surface area contributed by atoms with E-state index in [1.165, 1.54) is 19.3 Å². The first-order valence-corrected chi connectivity index (χ1v) is 4.13. The molecule has 1 heterocycles. The molecule has 2 heteroatoms. The van der Waals surface area contributed by atoms with Gasteiger partial charge in [-0.2, -0.15) is 0 Å². The number of rotatable bonds is 4. The standard InChI is InChI=1S/C7H13ClO/c1-2-3-4-6-7(5-8)9-6/h6-7H,2-5H2,1H3/t6-,7-/m1/s1. The van der Waals surface area contributed by atoms with E-state index in [-0.39, 0.29) is 0 Å². The number of hydrogen-bond acceptors (Lipinski definition) is 1. The van der Waals surface area contributed by atoms with Crippen LogP contribution in [-0.2, 0) is 4.74 Å². The Hall–Kier alpha value is 0.250. The topological polar surface area (TPSA) is 12.5 Å². The largest absolute Gasteiger partial charge is 0.368 e. The fourth-order valence-corrected chi connectivity index (χ4v) is 1.25. The van der Waals surface area contributed by atoms with Gasteiger partial charge in [-0.3, -0.25) is 0 Å². The molecular weight excluding hydrogens is 136 g/mol. The third-order valence-corrected chi connectivity index (χ3v) is 1.99. The average Bonchev–Trinajstić information content (AvgIpc) is 2.62. The lowest BCUT2D eigenvalue weighted by atomic mass is 10.2. The molecule has 0 saturated carbocycles. The van der Waals surface area contributed by atoms with Gasteiger partial charge in [-0.15, -0.1) is 11.6 Å². The second-order valence-corrected chi connectivity index (χ2v) is 2.82. The molecular formula is C7H13ClO. The van der Waals surface area contributed by atoms with Crippen LogP contribution >= 0.6 is 11.6 Å². The van der Waals surface area contributed by atoms with Crippen molar-refractivity contribution in [3.05, 3.63) is 0 Å². The van der Waals surface area contributed by atoms with Crippen LogP contribution in [-0.4, -0.2) is 18.1 Å². The fourth-order valence-electron chi connectivity index (χ4n) is 0.974. The highest BCUT2D eigenvalue weighted by Gasteiger charge is 2.36. The molecule has 1 nitrogen and oxygen atoms in total. The zero-order chi connectivity index (χ0) is 6.69. The highest BCUT2D eigenvalue weighted by atomic mass is 35.5. The molecule has 0 radical (unpaired) electrons. The molecule has 0 amide bonds. The van der Waals surface area contributed by atoms with Crippen LogP contribution in [0.3, 0.4) is 0 Å². The SMILES string of the molecule is CCCC[C@H]1O[C@@H]1CCl. The van der Waals surface area contributed by atoms with E-state index in [2.05, 4.69) is 6.92 Å². The van der Waals surface area contributed by atoms with Crippen LogP contribution in [0.25, 0.3) is 0 Å². The summed E-state index contributed by atoms with van der Waals surface area (Å²) in [6.45, 7) is 2.19. The van der Waals surface area contributed by atoms with Crippen LogP contribution in [0.2, 0.25) is 0 Å². The van der Waals surface area contributed by atoms with E-state index in [9.17, 15) is 0 Å². The number of halogens is 1. The Morgan fingerprint density at radius 3 is 2.67 bits per heavy atom. The summed E-state index contributed by atoms with van der Waals surface area (Å²) in [5.74, 6) is 0.675. The van der Waals surface area contributed by atoms with E-state index in [4.69, 9.17) is 16.3 Å². The average molecular weight is 149 g/mol. The summed E-state index contributed by atoms with van der Waals surface area (Å²) in [7, 11) is 0. The van der Waals surface area contributed by atoms with Gasteiger partial charge in [0.05, 0.1) is 18.1 Å². The Bertz CT molecular complexity index is 85.0. The third kappa shape index (κ3) is 2.15. The predicted octanol–water partition coefficient (Wildman–Crippen LogP) is 2.18. The summed E-state index contributed by atoms with van der Waals surface area (Å²) in [6, 6.07) is 0. The summed E-state index contributed by atoms with van der Waals surface area (Å²) < 4.78 is 5.24. The molecule has 0 aromatic rings. The van der Waals surface area contributed by atoms with Gasteiger partial charge in [0.1, 0.15) is 0 Å². The highest BCUT2D eigenvalue weighted by molar-refractivity contribution is 6.18. The third-order valence-electron chi connectivity index (χ3n) is 1.68. The van der Waals surface area contributed by atoms with Crippen LogP contribution < -0.4 is 0 Å². The lowest BCUT2D eigenvalue weighted by molar-refractivity contribution is 0.367. The van der Waals surface area contributed by atoms with Crippen LogP contribution in [0.4, 0.5) is 0 Å². The molecule has 9 heavy (non-hydrogen) atoms. The lowest BCUT2D eigenvalue weighted by Crippen LogP contribution is -1.93. The van der Waals surface area contributed by atoms with Gasteiger partial charge >= 0.3 is 0 Å². The second kappa shape index (κ2) is 3.43. The van der Waals surface area contributed by atoms with E-state index >= 15 is 0 Å². The minimum Gasteiger partial charge on any atom is -0.368 e. The molecule has 0 bridgehead atoms.